The first-order valence-corrected chi connectivity index (χ1v) is 8.59. The third kappa shape index (κ3) is 3.14. The monoisotopic (exact) mass is 379 g/mol. The van der Waals surface area contributed by atoms with Crippen molar-refractivity contribution in [1.82, 2.24) is 0 Å². The predicted octanol–water partition coefficient (Wildman–Crippen LogP) is 5.35. The topological polar surface area (TPSA) is 26.0 Å². The maximum atomic E-state index is 6.43. The molecule has 0 bridgehead atoms. The Morgan fingerprint density at radius 2 is 2.00 bits per heavy atom. The highest BCUT2D eigenvalue weighted by molar-refractivity contribution is 9.13. The van der Waals surface area contributed by atoms with Crippen LogP contribution in [0.1, 0.15) is 44.0 Å². The molecule has 1 heterocycles. The molecule has 0 aromatic carbocycles. The molecule has 1 aromatic rings. The molecule has 96 valence electrons. The van der Waals surface area contributed by atoms with E-state index in [0.717, 1.165) is 20.1 Å². The molecule has 0 spiro atoms. The zero-order chi connectivity index (χ0) is 12.6. The van der Waals surface area contributed by atoms with Gasteiger partial charge in [0, 0.05) is 15.4 Å². The molecule has 17 heavy (non-hydrogen) atoms. The molecule has 4 unspecified atom stereocenters. The molecule has 0 amide bonds. The molecule has 1 aliphatic carbocycles. The van der Waals surface area contributed by atoms with Crippen LogP contribution in [-0.2, 0) is 0 Å². The van der Waals surface area contributed by atoms with E-state index in [4.69, 9.17) is 5.73 Å². The molecule has 1 aliphatic rings. The average Bonchev–Trinajstić information content (AvgIpc) is 2.62. The summed E-state index contributed by atoms with van der Waals surface area (Å²) in [6, 6.07) is 2.37. The minimum Gasteiger partial charge on any atom is -0.323 e. The van der Waals surface area contributed by atoms with Crippen molar-refractivity contribution in [3.63, 3.8) is 0 Å². The molecule has 0 aliphatic heterocycles. The first-order valence-electron chi connectivity index (χ1n) is 6.19. The highest BCUT2D eigenvalue weighted by Gasteiger charge is 2.30. The molecule has 1 fully saturated rings. The van der Waals surface area contributed by atoms with Gasteiger partial charge in [0.05, 0.1) is 3.79 Å². The third-order valence-corrected chi connectivity index (χ3v) is 7.50. The SMILES string of the molecule is CC1CCC(C(N)c2cc(Br)c(Br)s2)CC1C. The lowest BCUT2D eigenvalue weighted by molar-refractivity contribution is 0.187. The smallest absolute Gasteiger partial charge is 0.0843 e. The molecule has 1 saturated carbocycles. The molecule has 4 heteroatoms. The van der Waals surface area contributed by atoms with Crippen LogP contribution in [0, 0.1) is 17.8 Å². The molecule has 1 aromatic heterocycles. The van der Waals surface area contributed by atoms with Gasteiger partial charge in [0.1, 0.15) is 0 Å². The first-order chi connectivity index (χ1) is 7.99. The van der Waals surface area contributed by atoms with Crippen molar-refractivity contribution in [3.05, 3.63) is 19.2 Å². The lowest BCUT2D eigenvalue weighted by atomic mass is 9.73. The van der Waals surface area contributed by atoms with Gasteiger partial charge < -0.3 is 5.73 Å². The van der Waals surface area contributed by atoms with Crippen LogP contribution < -0.4 is 5.73 Å². The van der Waals surface area contributed by atoms with E-state index < -0.39 is 0 Å². The number of halogens is 2. The maximum absolute atomic E-state index is 6.43. The zero-order valence-corrected chi connectivity index (χ0v) is 14.2. The van der Waals surface area contributed by atoms with Crippen molar-refractivity contribution in [1.29, 1.82) is 0 Å². The highest BCUT2D eigenvalue weighted by atomic mass is 79.9. The second-order valence-electron chi connectivity index (χ2n) is 5.32. The number of thiophene rings is 1. The van der Waals surface area contributed by atoms with E-state index in [2.05, 4.69) is 51.8 Å². The van der Waals surface area contributed by atoms with Gasteiger partial charge in [-0.15, -0.1) is 11.3 Å². The Bertz CT molecular complexity index is 371. The van der Waals surface area contributed by atoms with E-state index in [-0.39, 0.29) is 6.04 Å². The summed E-state index contributed by atoms with van der Waals surface area (Å²) in [7, 11) is 0. The molecule has 0 radical (unpaired) electrons. The van der Waals surface area contributed by atoms with Gasteiger partial charge in [-0.25, -0.2) is 0 Å². The Morgan fingerprint density at radius 3 is 2.53 bits per heavy atom. The van der Waals surface area contributed by atoms with Crippen molar-refractivity contribution >= 4 is 43.2 Å². The van der Waals surface area contributed by atoms with Gasteiger partial charge in [-0.2, -0.15) is 0 Å². The van der Waals surface area contributed by atoms with Crippen LogP contribution in [0.3, 0.4) is 0 Å². The van der Waals surface area contributed by atoms with E-state index in [1.54, 1.807) is 11.3 Å². The quantitative estimate of drug-likeness (QED) is 0.735. The van der Waals surface area contributed by atoms with E-state index in [0.29, 0.717) is 5.92 Å². The highest BCUT2D eigenvalue weighted by Crippen LogP contribution is 2.42. The standard InChI is InChI=1S/C13H19Br2NS/c1-7-3-4-9(5-8(7)2)12(16)11-6-10(14)13(15)17-11/h6-9,12H,3-5,16H2,1-2H3. The van der Waals surface area contributed by atoms with Crippen molar-refractivity contribution in [2.24, 2.45) is 23.5 Å². The average molecular weight is 381 g/mol. The van der Waals surface area contributed by atoms with Crippen LogP contribution in [0.5, 0.6) is 0 Å². The minimum absolute atomic E-state index is 0.206. The minimum atomic E-state index is 0.206. The summed E-state index contributed by atoms with van der Waals surface area (Å²) < 4.78 is 2.28. The normalized spacial score (nSPS) is 31.5. The van der Waals surface area contributed by atoms with Gasteiger partial charge in [0.25, 0.3) is 0 Å². The Labute approximate surface area is 124 Å². The second-order valence-corrected chi connectivity index (χ2v) is 8.58. The Hall–Kier alpha value is 0.620. The fraction of sp³-hybridized carbons (Fsp3) is 0.692. The molecule has 4 atom stereocenters. The Kier molecular flexibility index (Phi) is 4.73. The number of hydrogen-bond donors (Lipinski definition) is 1. The predicted molar refractivity (Wildman–Crippen MR) is 82.3 cm³/mol. The Morgan fingerprint density at radius 1 is 1.29 bits per heavy atom. The molecular weight excluding hydrogens is 362 g/mol. The fourth-order valence-corrected chi connectivity index (χ4v) is 4.86. The van der Waals surface area contributed by atoms with Crippen molar-refractivity contribution in [3.8, 4) is 0 Å². The molecular formula is C13H19Br2NS. The maximum Gasteiger partial charge on any atom is 0.0843 e. The number of hydrogen-bond acceptors (Lipinski definition) is 2. The fourth-order valence-electron chi connectivity index (χ4n) is 2.68. The van der Waals surface area contributed by atoms with E-state index in [1.807, 2.05) is 0 Å². The van der Waals surface area contributed by atoms with Crippen molar-refractivity contribution in [2.75, 3.05) is 0 Å². The lowest BCUT2D eigenvalue weighted by Crippen LogP contribution is -2.28. The van der Waals surface area contributed by atoms with Crippen LogP contribution in [0.2, 0.25) is 0 Å². The van der Waals surface area contributed by atoms with Gasteiger partial charge in [-0.05, 0) is 68.5 Å². The van der Waals surface area contributed by atoms with Gasteiger partial charge in [0.15, 0.2) is 0 Å². The van der Waals surface area contributed by atoms with Crippen LogP contribution in [0.15, 0.2) is 14.3 Å². The van der Waals surface area contributed by atoms with Crippen LogP contribution >= 0.6 is 43.2 Å². The summed E-state index contributed by atoms with van der Waals surface area (Å²) in [4.78, 5) is 1.30. The van der Waals surface area contributed by atoms with Gasteiger partial charge in [-0.3, -0.25) is 0 Å². The molecule has 1 nitrogen and oxygen atoms in total. The lowest BCUT2D eigenvalue weighted by Gasteiger charge is -2.34. The third-order valence-electron chi connectivity index (χ3n) is 4.14. The molecule has 2 rings (SSSR count). The van der Waals surface area contributed by atoms with Crippen LogP contribution in [-0.4, -0.2) is 0 Å². The largest absolute Gasteiger partial charge is 0.323 e. The number of rotatable bonds is 2. The summed E-state index contributed by atoms with van der Waals surface area (Å²) in [5, 5.41) is 0. The van der Waals surface area contributed by atoms with Crippen LogP contribution in [0.4, 0.5) is 0 Å². The van der Waals surface area contributed by atoms with E-state index >= 15 is 0 Å². The van der Waals surface area contributed by atoms with Gasteiger partial charge in [-0.1, -0.05) is 20.3 Å². The summed E-state index contributed by atoms with van der Waals surface area (Å²) in [5.41, 5.74) is 6.43. The van der Waals surface area contributed by atoms with Gasteiger partial charge >= 0.3 is 0 Å². The molecule has 0 saturated heterocycles. The summed E-state index contributed by atoms with van der Waals surface area (Å²) in [6.45, 7) is 4.73. The van der Waals surface area contributed by atoms with Gasteiger partial charge in [0.2, 0.25) is 0 Å². The zero-order valence-electron chi connectivity index (χ0n) is 10.2. The van der Waals surface area contributed by atoms with Crippen molar-refractivity contribution in [2.45, 2.75) is 39.2 Å². The van der Waals surface area contributed by atoms with E-state index in [1.165, 1.54) is 24.1 Å². The second kappa shape index (κ2) is 5.72. The summed E-state index contributed by atoms with van der Waals surface area (Å²) in [5.74, 6) is 2.32. The Balaban J connectivity index is 2.07. The number of nitrogens with two attached hydrogens (primary N) is 1. The van der Waals surface area contributed by atoms with Crippen LogP contribution in [0.25, 0.3) is 0 Å². The summed E-state index contributed by atoms with van der Waals surface area (Å²) in [6.07, 6.45) is 3.88. The van der Waals surface area contributed by atoms with E-state index in [9.17, 15) is 0 Å². The molecule has 2 N–H and O–H groups in total. The summed E-state index contributed by atoms with van der Waals surface area (Å²) >= 11 is 8.85. The van der Waals surface area contributed by atoms with Crippen molar-refractivity contribution < 1.29 is 0 Å². The first kappa shape index (κ1) is 14.0.